The van der Waals surface area contributed by atoms with Gasteiger partial charge in [-0.15, -0.1) is 0 Å². The van der Waals surface area contributed by atoms with Crippen molar-refractivity contribution in [3.8, 4) is 0 Å². The summed E-state index contributed by atoms with van der Waals surface area (Å²) in [5.41, 5.74) is 0.366. The highest BCUT2D eigenvalue weighted by Gasteiger charge is 2.34. The molecule has 0 radical (unpaired) electrons. The zero-order valence-corrected chi connectivity index (χ0v) is 14.7. The van der Waals surface area contributed by atoms with Crippen LogP contribution in [0.2, 0.25) is 0 Å². The molecule has 9 nitrogen and oxygen atoms in total. The first-order chi connectivity index (χ1) is 13.4. The smallest absolute Gasteiger partial charge is 0.449 e. The summed E-state index contributed by atoms with van der Waals surface area (Å²) < 4.78 is 18.7. The maximum Gasteiger partial charge on any atom is 0.511 e. The molecule has 0 atom stereocenters. The topological polar surface area (TPSA) is 126 Å². The van der Waals surface area contributed by atoms with E-state index >= 15 is 0 Å². The molecule has 0 unspecified atom stereocenters. The van der Waals surface area contributed by atoms with Crippen LogP contribution in [0.4, 0.5) is 4.79 Å². The second-order valence-corrected chi connectivity index (χ2v) is 5.62. The average molecular weight is 386 g/mol. The highest BCUT2D eigenvalue weighted by Crippen LogP contribution is 2.30. The van der Waals surface area contributed by atoms with E-state index in [-0.39, 0.29) is 34.8 Å². The summed E-state index contributed by atoms with van der Waals surface area (Å²) in [4.78, 5) is 59.8. The van der Waals surface area contributed by atoms with E-state index in [1.165, 1.54) is 12.1 Å². The zero-order chi connectivity index (χ0) is 20.3. The summed E-state index contributed by atoms with van der Waals surface area (Å²) in [6.45, 7) is 0.949. The number of Topliss-reactive ketones (excluding diaryl/α,β-unsaturated/α-hetero) is 1. The first-order valence-electron chi connectivity index (χ1n) is 8.23. The Labute approximate surface area is 158 Å². The first kappa shape index (κ1) is 19.0. The number of rotatable bonds is 6. The van der Waals surface area contributed by atoms with Gasteiger partial charge in [0.05, 0.1) is 12.2 Å². The quantitative estimate of drug-likeness (QED) is 0.271. The maximum atomic E-state index is 12.5. The Balaban J connectivity index is 1.67. The fourth-order valence-corrected chi connectivity index (χ4v) is 2.58. The lowest BCUT2D eigenvalue weighted by Gasteiger charge is -2.11. The van der Waals surface area contributed by atoms with Crippen molar-refractivity contribution < 1.29 is 42.6 Å². The molecule has 28 heavy (non-hydrogen) atoms. The summed E-state index contributed by atoms with van der Waals surface area (Å²) in [5, 5.41) is 0. The van der Waals surface area contributed by atoms with E-state index in [9.17, 15) is 24.0 Å². The van der Waals surface area contributed by atoms with Gasteiger partial charge in [-0.05, 0) is 13.0 Å². The number of ketones is 3. The van der Waals surface area contributed by atoms with Crippen molar-refractivity contribution in [3.63, 3.8) is 0 Å². The Morgan fingerprint density at radius 3 is 2.29 bits per heavy atom. The van der Waals surface area contributed by atoms with E-state index in [0.29, 0.717) is 0 Å². The van der Waals surface area contributed by atoms with Crippen LogP contribution in [-0.2, 0) is 19.0 Å². The van der Waals surface area contributed by atoms with Crippen LogP contribution in [0.25, 0.3) is 0 Å². The molecule has 0 fully saturated rings. The molecule has 0 N–H and O–H groups in total. The van der Waals surface area contributed by atoms with Crippen LogP contribution < -0.4 is 0 Å². The SMILES string of the molecule is CCOC(=O)OCOC(=O)CC(=O)c1cc2c(o1)C(=O)c1ccccc1C2=O. The molecule has 9 heteroatoms. The van der Waals surface area contributed by atoms with Crippen LogP contribution in [0.5, 0.6) is 0 Å². The molecule has 1 aliphatic carbocycles. The number of ether oxygens (including phenoxy) is 3. The first-order valence-corrected chi connectivity index (χ1v) is 8.23. The lowest BCUT2D eigenvalue weighted by molar-refractivity contribution is -0.152. The van der Waals surface area contributed by atoms with E-state index in [4.69, 9.17) is 4.42 Å². The minimum atomic E-state index is -1.02. The van der Waals surface area contributed by atoms with Crippen molar-refractivity contribution in [3.05, 3.63) is 58.5 Å². The number of hydrogen-bond donors (Lipinski definition) is 0. The van der Waals surface area contributed by atoms with Crippen molar-refractivity contribution in [2.45, 2.75) is 13.3 Å². The number of fused-ring (bicyclic) bond motifs is 2. The molecule has 1 aromatic carbocycles. The highest BCUT2D eigenvalue weighted by molar-refractivity contribution is 6.28. The van der Waals surface area contributed by atoms with Gasteiger partial charge in [0, 0.05) is 11.1 Å². The van der Waals surface area contributed by atoms with E-state index in [1.54, 1.807) is 19.1 Å². The second kappa shape index (κ2) is 7.87. The minimum Gasteiger partial charge on any atom is -0.449 e. The Morgan fingerprint density at radius 2 is 1.61 bits per heavy atom. The molecular formula is C19H14O9. The molecule has 0 saturated carbocycles. The maximum absolute atomic E-state index is 12.5. The van der Waals surface area contributed by atoms with Gasteiger partial charge in [0.15, 0.2) is 17.3 Å². The third-order valence-electron chi connectivity index (χ3n) is 3.84. The molecule has 0 saturated heterocycles. The Kier molecular flexibility index (Phi) is 5.35. The van der Waals surface area contributed by atoms with E-state index < -0.39 is 42.7 Å². The Hall–Kier alpha value is -3.75. The van der Waals surface area contributed by atoms with Gasteiger partial charge in [0.1, 0.15) is 6.42 Å². The third-order valence-corrected chi connectivity index (χ3v) is 3.84. The summed E-state index contributed by atoms with van der Waals surface area (Å²) >= 11 is 0. The molecule has 2 aromatic rings. The number of carbonyl (C=O) groups excluding carboxylic acids is 5. The Morgan fingerprint density at radius 1 is 0.929 bits per heavy atom. The molecular weight excluding hydrogens is 372 g/mol. The number of carbonyl (C=O) groups is 5. The predicted octanol–water partition coefficient (Wildman–Crippen LogP) is 2.30. The highest BCUT2D eigenvalue weighted by atomic mass is 16.8. The third kappa shape index (κ3) is 3.68. The second-order valence-electron chi connectivity index (χ2n) is 5.62. The van der Waals surface area contributed by atoms with Crippen molar-refractivity contribution >= 4 is 29.5 Å². The van der Waals surface area contributed by atoms with Crippen molar-refractivity contribution in [1.82, 2.24) is 0 Å². The van der Waals surface area contributed by atoms with Crippen LogP contribution >= 0.6 is 0 Å². The van der Waals surface area contributed by atoms with Crippen molar-refractivity contribution in [2.75, 3.05) is 13.4 Å². The largest absolute Gasteiger partial charge is 0.511 e. The fourth-order valence-electron chi connectivity index (χ4n) is 2.58. The number of esters is 1. The van der Waals surface area contributed by atoms with E-state index in [1.807, 2.05) is 0 Å². The van der Waals surface area contributed by atoms with Crippen LogP contribution in [-0.4, -0.2) is 42.9 Å². The molecule has 144 valence electrons. The fraction of sp³-hybridized carbons (Fsp3) is 0.211. The van der Waals surface area contributed by atoms with Gasteiger partial charge in [-0.25, -0.2) is 4.79 Å². The van der Waals surface area contributed by atoms with Crippen LogP contribution in [0, 0.1) is 0 Å². The van der Waals surface area contributed by atoms with Gasteiger partial charge < -0.3 is 18.6 Å². The Bertz CT molecular complexity index is 931. The molecule has 0 spiro atoms. The van der Waals surface area contributed by atoms with Gasteiger partial charge in [-0.3, -0.25) is 19.2 Å². The van der Waals surface area contributed by atoms with E-state index in [0.717, 1.165) is 6.07 Å². The number of hydrogen-bond acceptors (Lipinski definition) is 9. The van der Waals surface area contributed by atoms with Crippen molar-refractivity contribution in [1.29, 1.82) is 0 Å². The minimum absolute atomic E-state index is 0.0361. The lowest BCUT2D eigenvalue weighted by Crippen LogP contribution is -2.18. The van der Waals surface area contributed by atoms with Gasteiger partial charge in [0.2, 0.25) is 18.4 Å². The number of benzene rings is 1. The summed E-state index contributed by atoms with van der Waals surface area (Å²) in [5.74, 6) is -3.30. The molecule has 0 aliphatic heterocycles. The van der Waals surface area contributed by atoms with E-state index in [2.05, 4.69) is 14.2 Å². The summed E-state index contributed by atoms with van der Waals surface area (Å²) in [6.07, 6.45) is -1.74. The van der Waals surface area contributed by atoms with Crippen molar-refractivity contribution in [2.24, 2.45) is 0 Å². The zero-order valence-electron chi connectivity index (χ0n) is 14.7. The van der Waals surface area contributed by atoms with Gasteiger partial charge in [-0.2, -0.15) is 0 Å². The monoisotopic (exact) mass is 386 g/mol. The van der Waals surface area contributed by atoms with Crippen LogP contribution in [0.15, 0.2) is 34.7 Å². The lowest BCUT2D eigenvalue weighted by atomic mass is 9.88. The molecule has 1 heterocycles. The molecule has 0 amide bonds. The van der Waals surface area contributed by atoms with Crippen LogP contribution in [0.1, 0.15) is 55.9 Å². The molecule has 1 aliphatic rings. The molecule has 3 rings (SSSR count). The van der Waals surface area contributed by atoms with Gasteiger partial charge in [0.25, 0.3) is 0 Å². The molecule has 1 aromatic heterocycles. The molecule has 0 bridgehead atoms. The standard InChI is InChI=1S/C19H14O9/c1-2-25-19(24)27-9-26-15(21)8-13(20)14-7-12-16(22)10-5-3-4-6-11(10)17(23)18(12)28-14/h3-7H,2,8-9H2,1H3. The summed E-state index contributed by atoms with van der Waals surface area (Å²) in [7, 11) is 0. The van der Waals surface area contributed by atoms with Gasteiger partial charge in [-0.1, -0.05) is 24.3 Å². The average Bonchev–Trinajstić information content (AvgIpc) is 3.12. The summed E-state index contributed by atoms with van der Waals surface area (Å²) in [6, 6.07) is 7.36. The van der Waals surface area contributed by atoms with Gasteiger partial charge >= 0.3 is 12.1 Å². The predicted molar refractivity (Wildman–Crippen MR) is 90.0 cm³/mol. The number of furan rings is 1. The normalized spacial score (nSPS) is 12.0. The van der Waals surface area contributed by atoms with Crippen LogP contribution in [0.3, 0.4) is 0 Å².